The zero-order valence-corrected chi connectivity index (χ0v) is 13.0. The minimum absolute atomic E-state index is 0.500. The average molecular weight is 298 g/mol. The summed E-state index contributed by atoms with van der Waals surface area (Å²) >= 11 is 3.29. The van der Waals surface area contributed by atoms with Gasteiger partial charge in [0.2, 0.25) is 0 Å². The molecule has 0 amide bonds. The van der Waals surface area contributed by atoms with Crippen molar-refractivity contribution in [2.75, 3.05) is 19.1 Å². The number of methoxy groups -OCH3 is 1. The summed E-state index contributed by atoms with van der Waals surface area (Å²) in [5.41, 5.74) is 7.74. The number of nitrogens with zero attached hydrogens (tertiary/aromatic N) is 3. The largest absolute Gasteiger partial charge is 0.378 e. The average Bonchev–Trinajstić information content (AvgIpc) is 2.96. The molecule has 2 N–H and O–H groups in total. The van der Waals surface area contributed by atoms with Crippen molar-refractivity contribution in [1.29, 1.82) is 0 Å². The molecule has 0 unspecified atom stereocenters. The molecule has 0 saturated carbocycles. The maximum absolute atomic E-state index is 5.74. The number of ether oxygens (including phenoxy) is 1. The Labute approximate surface area is 121 Å². The van der Waals surface area contributed by atoms with Crippen molar-refractivity contribution < 1.29 is 4.74 Å². The molecule has 2 aromatic heterocycles. The molecule has 0 aliphatic carbocycles. The normalized spacial score (nSPS) is 10.9. The van der Waals surface area contributed by atoms with Crippen LogP contribution in [0.15, 0.2) is 5.38 Å². The Hall–Kier alpha value is -1.02. The van der Waals surface area contributed by atoms with Gasteiger partial charge >= 0.3 is 0 Å². The van der Waals surface area contributed by atoms with Gasteiger partial charge in [-0.05, 0) is 6.92 Å². The predicted molar refractivity (Wildman–Crippen MR) is 79.7 cm³/mol. The van der Waals surface area contributed by atoms with Crippen molar-refractivity contribution in [3.8, 4) is 0 Å². The Morgan fingerprint density at radius 2 is 2.21 bits per heavy atom. The number of aromatic nitrogens is 2. The lowest BCUT2D eigenvalue weighted by atomic mass is 10.4. The van der Waals surface area contributed by atoms with E-state index in [1.54, 1.807) is 29.8 Å². The number of hydrogen-bond donors (Lipinski definition) is 1. The lowest BCUT2D eigenvalue weighted by Crippen LogP contribution is -2.16. The second-order valence-corrected chi connectivity index (χ2v) is 6.34. The van der Waals surface area contributed by atoms with Gasteiger partial charge in [0.05, 0.1) is 29.5 Å². The van der Waals surface area contributed by atoms with Gasteiger partial charge in [-0.2, -0.15) is 0 Å². The molecule has 104 valence electrons. The summed E-state index contributed by atoms with van der Waals surface area (Å²) < 4.78 is 5.14. The number of thiazole rings is 2. The first-order chi connectivity index (χ1) is 9.13. The molecule has 0 atom stereocenters. The Kier molecular flexibility index (Phi) is 4.87. The number of anilines is 1. The van der Waals surface area contributed by atoms with E-state index < -0.39 is 0 Å². The van der Waals surface area contributed by atoms with Crippen molar-refractivity contribution in [3.05, 3.63) is 26.7 Å². The summed E-state index contributed by atoms with van der Waals surface area (Å²) in [5.74, 6) is 0. The van der Waals surface area contributed by atoms with Gasteiger partial charge in [-0.25, -0.2) is 9.97 Å². The first-order valence-corrected chi connectivity index (χ1v) is 7.63. The molecular weight excluding hydrogens is 280 g/mol. The third-order valence-corrected chi connectivity index (χ3v) is 4.68. The van der Waals surface area contributed by atoms with Gasteiger partial charge in [0.1, 0.15) is 0 Å². The first-order valence-electron chi connectivity index (χ1n) is 5.93. The maximum Gasteiger partial charge on any atom is 0.186 e. The third-order valence-electron chi connectivity index (χ3n) is 2.63. The Morgan fingerprint density at radius 1 is 1.42 bits per heavy atom. The minimum Gasteiger partial charge on any atom is -0.378 e. The van der Waals surface area contributed by atoms with E-state index in [1.807, 2.05) is 14.0 Å². The van der Waals surface area contributed by atoms with Crippen LogP contribution in [0, 0.1) is 6.92 Å². The van der Waals surface area contributed by atoms with E-state index in [2.05, 4.69) is 20.2 Å². The van der Waals surface area contributed by atoms with E-state index in [4.69, 9.17) is 10.5 Å². The van der Waals surface area contributed by atoms with E-state index in [-0.39, 0.29) is 0 Å². The quantitative estimate of drug-likeness (QED) is 0.885. The number of nitrogens with two attached hydrogens (primary N) is 1. The number of rotatable bonds is 6. The van der Waals surface area contributed by atoms with Crippen molar-refractivity contribution in [2.45, 2.75) is 26.6 Å². The van der Waals surface area contributed by atoms with Gasteiger partial charge < -0.3 is 15.4 Å². The van der Waals surface area contributed by atoms with Crippen LogP contribution in [0.3, 0.4) is 0 Å². The van der Waals surface area contributed by atoms with E-state index in [9.17, 15) is 0 Å². The molecule has 2 aromatic rings. The van der Waals surface area contributed by atoms with Crippen molar-refractivity contribution in [1.82, 2.24) is 9.97 Å². The molecule has 0 aromatic carbocycles. The standard InChI is InChI=1S/C12H18N4OS2/c1-8-14-9(7-18-8)5-16(2)12-15-10(6-17-3)11(4-13)19-12/h7H,4-6,13H2,1-3H3. The molecule has 5 nitrogen and oxygen atoms in total. The van der Waals surface area contributed by atoms with Crippen LogP contribution in [0.2, 0.25) is 0 Å². The van der Waals surface area contributed by atoms with Crippen LogP contribution in [0.1, 0.15) is 21.3 Å². The smallest absolute Gasteiger partial charge is 0.186 e. The summed E-state index contributed by atoms with van der Waals surface area (Å²) in [6.07, 6.45) is 0. The highest BCUT2D eigenvalue weighted by atomic mass is 32.1. The Bertz CT molecular complexity index is 538. The highest BCUT2D eigenvalue weighted by Gasteiger charge is 2.14. The number of hydrogen-bond acceptors (Lipinski definition) is 7. The van der Waals surface area contributed by atoms with E-state index >= 15 is 0 Å². The van der Waals surface area contributed by atoms with Gasteiger partial charge in [-0.1, -0.05) is 0 Å². The van der Waals surface area contributed by atoms with Crippen LogP contribution < -0.4 is 10.6 Å². The summed E-state index contributed by atoms with van der Waals surface area (Å²) in [6, 6.07) is 0. The SMILES string of the molecule is COCc1nc(N(C)Cc2csc(C)n2)sc1CN. The summed E-state index contributed by atoms with van der Waals surface area (Å²) in [6.45, 7) is 3.78. The highest BCUT2D eigenvalue weighted by molar-refractivity contribution is 7.15. The minimum atomic E-state index is 0.500. The van der Waals surface area contributed by atoms with Gasteiger partial charge in [0.15, 0.2) is 5.13 Å². The second kappa shape index (κ2) is 6.42. The third kappa shape index (κ3) is 3.50. The zero-order valence-electron chi connectivity index (χ0n) is 11.3. The molecule has 0 fully saturated rings. The van der Waals surface area contributed by atoms with Gasteiger partial charge in [0.25, 0.3) is 0 Å². The summed E-state index contributed by atoms with van der Waals surface area (Å²) in [4.78, 5) is 12.2. The van der Waals surface area contributed by atoms with Crippen LogP contribution in [0.4, 0.5) is 5.13 Å². The topological polar surface area (TPSA) is 64.3 Å². The maximum atomic E-state index is 5.74. The molecule has 2 heterocycles. The van der Waals surface area contributed by atoms with Crippen LogP contribution in [0.25, 0.3) is 0 Å². The van der Waals surface area contributed by atoms with E-state index in [0.29, 0.717) is 13.2 Å². The lowest BCUT2D eigenvalue weighted by molar-refractivity contribution is 0.181. The molecule has 0 saturated heterocycles. The van der Waals surface area contributed by atoms with E-state index in [0.717, 1.165) is 32.9 Å². The van der Waals surface area contributed by atoms with Gasteiger partial charge in [-0.15, -0.1) is 22.7 Å². The fraction of sp³-hybridized carbons (Fsp3) is 0.500. The molecule has 0 spiro atoms. The van der Waals surface area contributed by atoms with Crippen molar-refractivity contribution in [3.63, 3.8) is 0 Å². The Balaban J connectivity index is 2.12. The molecular formula is C12H18N4OS2. The summed E-state index contributed by atoms with van der Waals surface area (Å²) in [5, 5.41) is 4.13. The van der Waals surface area contributed by atoms with Crippen LogP contribution in [0.5, 0.6) is 0 Å². The molecule has 19 heavy (non-hydrogen) atoms. The fourth-order valence-corrected chi connectivity index (χ4v) is 3.24. The van der Waals surface area contributed by atoms with Gasteiger partial charge in [0, 0.05) is 31.0 Å². The van der Waals surface area contributed by atoms with Crippen LogP contribution >= 0.6 is 22.7 Å². The van der Waals surface area contributed by atoms with E-state index in [1.165, 1.54) is 0 Å². The molecule has 7 heteroatoms. The first kappa shape index (κ1) is 14.4. The van der Waals surface area contributed by atoms with Crippen LogP contribution in [-0.2, 0) is 24.4 Å². The molecule has 2 rings (SSSR count). The molecule has 0 aliphatic rings. The van der Waals surface area contributed by atoms with Gasteiger partial charge in [-0.3, -0.25) is 0 Å². The Morgan fingerprint density at radius 3 is 2.79 bits per heavy atom. The number of aryl methyl sites for hydroxylation is 1. The molecule has 0 bridgehead atoms. The second-order valence-electron chi connectivity index (χ2n) is 4.22. The predicted octanol–water partition coefficient (Wildman–Crippen LogP) is 2.15. The van der Waals surface area contributed by atoms with Crippen molar-refractivity contribution in [2.24, 2.45) is 5.73 Å². The lowest BCUT2D eigenvalue weighted by Gasteiger charge is -2.13. The summed E-state index contributed by atoms with van der Waals surface area (Å²) in [7, 11) is 3.69. The fourth-order valence-electron chi connectivity index (χ4n) is 1.73. The van der Waals surface area contributed by atoms with Crippen molar-refractivity contribution >= 4 is 27.8 Å². The monoisotopic (exact) mass is 298 g/mol. The molecule has 0 radical (unpaired) electrons. The highest BCUT2D eigenvalue weighted by Crippen LogP contribution is 2.27. The molecule has 0 aliphatic heterocycles. The van der Waals surface area contributed by atoms with Crippen LogP contribution in [-0.4, -0.2) is 24.1 Å². The zero-order chi connectivity index (χ0) is 13.8.